The van der Waals surface area contributed by atoms with Crippen molar-refractivity contribution < 1.29 is 9.47 Å². The van der Waals surface area contributed by atoms with Crippen LogP contribution in [0.1, 0.15) is 18.9 Å². The number of hydrogen-bond acceptors (Lipinski definition) is 3. The van der Waals surface area contributed by atoms with Crippen LogP contribution in [0.2, 0.25) is 0 Å². The van der Waals surface area contributed by atoms with Crippen LogP contribution in [0.4, 0.5) is 5.69 Å². The monoisotopic (exact) mass is 455 g/mol. The largest absolute Gasteiger partial charge is 0.497 e. The van der Waals surface area contributed by atoms with E-state index >= 15 is 0 Å². The molecular formula is C19H26IN3O2. The number of benzene rings is 2. The Morgan fingerprint density at radius 3 is 2.56 bits per heavy atom. The summed E-state index contributed by atoms with van der Waals surface area (Å²) in [4.78, 5) is 4.36. The zero-order chi connectivity index (χ0) is 17.2. The van der Waals surface area contributed by atoms with E-state index in [-0.39, 0.29) is 24.0 Å². The highest BCUT2D eigenvalue weighted by molar-refractivity contribution is 14.0. The molecule has 25 heavy (non-hydrogen) atoms. The van der Waals surface area contributed by atoms with Gasteiger partial charge in [0.05, 0.1) is 13.7 Å². The third-order valence-electron chi connectivity index (χ3n) is 3.42. The summed E-state index contributed by atoms with van der Waals surface area (Å²) < 4.78 is 10.8. The predicted molar refractivity (Wildman–Crippen MR) is 114 cm³/mol. The molecule has 5 nitrogen and oxygen atoms in total. The van der Waals surface area contributed by atoms with Gasteiger partial charge in [0, 0.05) is 12.2 Å². The number of nitrogens with zero attached hydrogens (tertiary/aromatic N) is 1. The average Bonchev–Trinajstić information content (AvgIpc) is 2.61. The van der Waals surface area contributed by atoms with Crippen molar-refractivity contribution in [2.75, 3.05) is 25.6 Å². The van der Waals surface area contributed by atoms with E-state index in [4.69, 9.17) is 15.2 Å². The molecule has 0 aromatic heterocycles. The van der Waals surface area contributed by atoms with E-state index in [1.807, 2.05) is 36.4 Å². The van der Waals surface area contributed by atoms with Crippen molar-refractivity contribution in [3.63, 3.8) is 0 Å². The lowest BCUT2D eigenvalue weighted by Gasteiger charge is -2.08. The van der Waals surface area contributed by atoms with Crippen molar-refractivity contribution in [2.45, 2.75) is 19.8 Å². The summed E-state index contributed by atoms with van der Waals surface area (Å²) in [5, 5.41) is 3.07. The lowest BCUT2D eigenvalue weighted by molar-refractivity contribution is 0.317. The van der Waals surface area contributed by atoms with Gasteiger partial charge in [-0.1, -0.05) is 19.1 Å². The fourth-order valence-corrected chi connectivity index (χ4v) is 2.18. The Kier molecular flexibility index (Phi) is 9.76. The van der Waals surface area contributed by atoms with Crippen molar-refractivity contribution in [1.82, 2.24) is 0 Å². The molecule has 2 rings (SSSR count). The second-order valence-corrected chi connectivity index (χ2v) is 5.37. The van der Waals surface area contributed by atoms with E-state index in [1.54, 1.807) is 7.11 Å². The van der Waals surface area contributed by atoms with Gasteiger partial charge in [-0.15, -0.1) is 24.0 Å². The number of ether oxygens (including phenoxy) is 2. The Morgan fingerprint density at radius 2 is 1.88 bits per heavy atom. The Bertz CT molecular complexity index is 660. The second-order valence-electron chi connectivity index (χ2n) is 5.37. The molecule has 0 spiro atoms. The number of halogens is 1. The van der Waals surface area contributed by atoms with E-state index in [0.717, 1.165) is 36.6 Å². The van der Waals surface area contributed by atoms with Gasteiger partial charge in [-0.05, 0) is 54.8 Å². The first-order valence-corrected chi connectivity index (χ1v) is 8.14. The lowest BCUT2D eigenvalue weighted by Crippen LogP contribution is -2.23. The molecule has 0 radical (unpaired) electrons. The summed E-state index contributed by atoms with van der Waals surface area (Å²) >= 11 is 0. The number of aliphatic imine (C=N–C) groups is 1. The number of hydrogen-bond donors (Lipinski definition) is 2. The minimum absolute atomic E-state index is 0. The maximum absolute atomic E-state index is 5.92. The highest BCUT2D eigenvalue weighted by atomic mass is 127. The number of guanidine groups is 1. The third kappa shape index (κ3) is 7.64. The standard InChI is InChI=1S/C19H25N3O2.HI/c1-3-13-24-18-6-4-5-15(14-18)11-12-21-19(20)22-16-7-9-17(23-2)10-8-16;/h4-10,14H,3,11-13H2,1-2H3,(H3,20,21,22);1H. The molecule has 6 heteroatoms. The van der Waals surface area contributed by atoms with E-state index in [1.165, 1.54) is 5.56 Å². The molecule has 3 N–H and O–H groups in total. The molecule has 0 saturated carbocycles. The van der Waals surface area contributed by atoms with Gasteiger partial charge >= 0.3 is 0 Å². The quantitative estimate of drug-likeness (QED) is 0.358. The van der Waals surface area contributed by atoms with E-state index in [0.29, 0.717) is 12.5 Å². The highest BCUT2D eigenvalue weighted by Gasteiger charge is 1.99. The number of methoxy groups -OCH3 is 1. The minimum Gasteiger partial charge on any atom is -0.497 e. The molecule has 2 aromatic rings. The lowest BCUT2D eigenvalue weighted by atomic mass is 10.1. The van der Waals surface area contributed by atoms with Crippen LogP contribution in [0.5, 0.6) is 11.5 Å². The van der Waals surface area contributed by atoms with Crippen LogP contribution in [-0.4, -0.2) is 26.2 Å². The first-order chi connectivity index (χ1) is 11.7. The number of anilines is 1. The van der Waals surface area contributed by atoms with E-state index in [2.05, 4.69) is 29.4 Å². The van der Waals surface area contributed by atoms with Gasteiger partial charge in [0.15, 0.2) is 5.96 Å². The molecule has 0 fully saturated rings. The van der Waals surface area contributed by atoms with Crippen LogP contribution in [-0.2, 0) is 6.42 Å². The number of rotatable bonds is 8. The summed E-state index contributed by atoms with van der Waals surface area (Å²) in [6, 6.07) is 15.6. The average molecular weight is 455 g/mol. The number of nitrogens with one attached hydrogen (secondary N) is 1. The topological polar surface area (TPSA) is 68.9 Å². The molecule has 0 aliphatic heterocycles. The Balaban J connectivity index is 0.00000312. The minimum atomic E-state index is 0. The highest BCUT2D eigenvalue weighted by Crippen LogP contribution is 2.15. The summed E-state index contributed by atoms with van der Waals surface area (Å²) in [7, 11) is 1.64. The SMILES string of the molecule is CCCOc1cccc(CCN=C(N)Nc2ccc(OC)cc2)c1.I. The fraction of sp³-hybridized carbons (Fsp3) is 0.316. The Hall–Kier alpha value is -1.96. The normalized spacial score (nSPS) is 10.7. The van der Waals surface area contributed by atoms with Crippen molar-refractivity contribution in [3.8, 4) is 11.5 Å². The smallest absolute Gasteiger partial charge is 0.193 e. The molecule has 0 aliphatic rings. The van der Waals surface area contributed by atoms with Crippen molar-refractivity contribution in [3.05, 3.63) is 54.1 Å². The van der Waals surface area contributed by atoms with Crippen LogP contribution in [0, 0.1) is 0 Å². The van der Waals surface area contributed by atoms with Gasteiger partial charge in [-0.25, -0.2) is 0 Å². The zero-order valence-electron chi connectivity index (χ0n) is 14.7. The van der Waals surface area contributed by atoms with Gasteiger partial charge in [0.1, 0.15) is 11.5 Å². The molecule has 0 heterocycles. The first kappa shape index (κ1) is 21.1. The fourth-order valence-electron chi connectivity index (χ4n) is 2.18. The van der Waals surface area contributed by atoms with Crippen LogP contribution in [0.25, 0.3) is 0 Å². The van der Waals surface area contributed by atoms with E-state index < -0.39 is 0 Å². The van der Waals surface area contributed by atoms with Gasteiger partial charge in [0.2, 0.25) is 0 Å². The molecule has 0 aliphatic carbocycles. The third-order valence-corrected chi connectivity index (χ3v) is 3.42. The zero-order valence-corrected chi connectivity index (χ0v) is 17.0. The van der Waals surface area contributed by atoms with Crippen LogP contribution in [0.3, 0.4) is 0 Å². The first-order valence-electron chi connectivity index (χ1n) is 8.14. The van der Waals surface area contributed by atoms with Gasteiger partial charge in [-0.2, -0.15) is 0 Å². The summed E-state index contributed by atoms with van der Waals surface area (Å²) in [6.45, 7) is 3.45. The summed E-state index contributed by atoms with van der Waals surface area (Å²) in [5.74, 6) is 2.11. The summed E-state index contributed by atoms with van der Waals surface area (Å²) in [5.41, 5.74) is 7.99. The van der Waals surface area contributed by atoms with Crippen LogP contribution < -0.4 is 20.5 Å². The summed E-state index contributed by atoms with van der Waals surface area (Å²) in [6.07, 6.45) is 1.82. The van der Waals surface area contributed by atoms with Crippen LogP contribution >= 0.6 is 24.0 Å². The Labute approximate surface area is 166 Å². The van der Waals surface area contributed by atoms with Gasteiger partial charge < -0.3 is 20.5 Å². The molecule has 0 amide bonds. The predicted octanol–water partition coefficient (Wildman–Crippen LogP) is 4.07. The molecule has 0 unspecified atom stereocenters. The molecule has 0 bridgehead atoms. The maximum Gasteiger partial charge on any atom is 0.193 e. The maximum atomic E-state index is 5.92. The van der Waals surface area contributed by atoms with Gasteiger partial charge in [-0.3, -0.25) is 4.99 Å². The molecular weight excluding hydrogens is 429 g/mol. The van der Waals surface area contributed by atoms with E-state index in [9.17, 15) is 0 Å². The van der Waals surface area contributed by atoms with Gasteiger partial charge in [0.25, 0.3) is 0 Å². The van der Waals surface area contributed by atoms with Crippen molar-refractivity contribution >= 4 is 35.6 Å². The van der Waals surface area contributed by atoms with Crippen molar-refractivity contribution in [2.24, 2.45) is 10.7 Å². The molecule has 136 valence electrons. The molecule has 0 atom stereocenters. The second kappa shape index (κ2) is 11.6. The molecule has 2 aromatic carbocycles. The number of nitrogens with two attached hydrogens (primary N) is 1. The molecule has 0 saturated heterocycles. The van der Waals surface area contributed by atoms with Crippen molar-refractivity contribution in [1.29, 1.82) is 0 Å². The van der Waals surface area contributed by atoms with Crippen LogP contribution in [0.15, 0.2) is 53.5 Å². The Morgan fingerprint density at radius 1 is 1.12 bits per heavy atom.